The van der Waals surface area contributed by atoms with Crippen molar-refractivity contribution in [2.75, 3.05) is 0 Å². The Morgan fingerprint density at radius 1 is 1.05 bits per heavy atom. The molecule has 6 heteroatoms. The molecular formula is C14H9F3N2S. The summed E-state index contributed by atoms with van der Waals surface area (Å²) in [7, 11) is 0. The average molecular weight is 294 g/mol. The average Bonchev–Trinajstić information content (AvgIpc) is 2.83. The van der Waals surface area contributed by atoms with Crippen LogP contribution < -0.4 is 0 Å². The van der Waals surface area contributed by atoms with Crippen molar-refractivity contribution in [3.8, 4) is 10.6 Å². The molecule has 0 bridgehead atoms. The molecule has 0 amide bonds. The predicted molar refractivity (Wildman–Crippen MR) is 72.6 cm³/mol. The van der Waals surface area contributed by atoms with Gasteiger partial charge in [0.25, 0.3) is 0 Å². The van der Waals surface area contributed by atoms with E-state index < -0.39 is 11.7 Å². The highest BCUT2D eigenvalue weighted by Gasteiger charge is 2.30. The number of aromatic nitrogens is 2. The summed E-state index contributed by atoms with van der Waals surface area (Å²) in [4.78, 5) is 9.46. The molecule has 2 nitrogen and oxygen atoms in total. The van der Waals surface area contributed by atoms with Gasteiger partial charge in [0.15, 0.2) is 0 Å². The van der Waals surface area contributed by atoms with Gasteiger partial charge >= 0.3 is 6.18 Å². The highest BCUT2D eigenvalue weighted by atomic mass is 32.1. The maximum absolute atomic E-state index is 12.5. The van der Waals surface area contributed by atoms with Crippen LogP contribution >= 0.6 is 11.3 Å². The fraction of sp³-hybridized carbons (Fsp3) is 0.143. The van der Waals surface area contributed by atoms with Crippen LogP contribution in [0, 0.1) is 6.92 Å². The number of hydrogen-bond acceptors (Lipinski definition) is 3. The number of nitrogens with zero attached hydrogens (tertiary/aromatic N) is 2. The largest absolute Gasteiger partial charge is 0.416 e. The monoisotopic (exact) mass is 294 g/mol. The van der Waals surface area contributed by atoms with Crippen LogP contribution in [0.25, 0.3) is 20.9 Å². The SMILES string of the molecule is Cc1ccnc2sc(-c3ccc(C(F)(F)F)cc3)nc12. The van der Waals surface area contributed by atoms with E-state index in [-0.39, 0.29) is 0 Å². The number of alkyl halides is 3. The molecule has 2 aromatic heterocycles. The molecule has 0 aliphatic carbocycles. The van der Waals surface area contributed by atoms with Crippen LogP contribution in [0.2, 0.25) is 0 Å². The number of pyridine rings is 1. The Bertz CT molecular complexity index is 760. The van der Waals surface area contributed by atoms with Gasteiger partial charge in [-0.2, -0.15) is 13.2 Å². The Labute approximate surface area is 116 Å². The molecule has 3 aromatic rings. The van der Waals surface area contributed by atoms with Crippen LogP contribution in [0.5, 0.6) is 0 Å². The summed E-state index contributed by atoms with van der Waals surface area (Å²) >= 11 is 1.37. The molecule has 0 N–H and O–H groups in total. The molecule has 0 atom stereocenters. The molecule has 1 aromatic carbocycles. The maximum Gasteiger partial charge on any atom is 0.416 e. The van der Waals surface area contributed by atoms with E-state index in [4.69, 9.17) is 0 Å². The van der Waals surface area contributed by atoms with Crippen molar-refractivity contribution in [2.24, 2.45) is 0 Å². The van der Waals surface area contributed by atoms with E-state index in [1.54, 1.807) is 6.20 Å². The van der Waals surface area contributed by atoms with E-state index in [9.17, 15) is 13.2 Å². The first-order valence-electron chi connectivity index (χ1n) is 5.85. The van der Waals surface area contributed by atoms with Gasteiger partial charge in [-0.3, -0.25) is 0 Å². The Balaban J connectivity index is 2.05. The minimum atomic E-state index is -4.32. The molecule has 3 rings (SSSR count). The molecule has 20 heavy (non-hydrogen) atoms. The Morgan fingerprint density at radius 3 is 2.35 bits per heavy atom. The molecule has 0 aliphatic heterocycles. The van der Waals surface area contributed by atoms with Gasteiger partial charge in [-0.05, 0) is 30.7 Å². The van der Waals surface area contributed by atoms with Crippen molar-refractivity contribution >= 4 is 21.7 Å². The lowest BCUT2D eigenvalue weighted by atomic mass is 10.1. The molecule has 0 radical (unpaired) electrons. The highest BCUT2D eigenvalue weighted by Crippen LogP contribution is 2.33. The number of halogens is 3. The second-order valence-electron chi connectivity index (χ2n) is 4.38. The predicted octanol–water partition coefficient (Wildman–Crippen LogP) is 4.69. The lowest BCUT2D eigenvalue weighted by molar-refractivity contribution is -0.137. The van der Waals surface area contributed by atoms with Crippen molar-refractivity contribution < 1.29 is 13.2 Å². The molecule has 102 valence electrons. The molecular weight excluding hydrogens is 285 g/mol. The standard InChI is InChI=1S/C14H9F3N2S/c1-8-6-7-18-13-11(8)19-12(20-13)9-2-4-10(5-3-9)14(15,16)17/h2-7H,1H3. The van der Waals surface area contributed by atoms with E-state index >= 15 is 0 Å². The molecule has 0 aliphatic rings. The Morgan fingerprint density at radius 2 is 1.75 bits per heavy atom. The van der Waals surface area contributed by atoms with Crippen LogP contribution in [0.3, 0.4) is 0 Å². The van der Waals surface area contributed by atoms with Crippen LogP contribution in [-0.2, 0) is 6.18 Å². The van der Waals surface area contributed by atoms with E-state index in [0.717, 1.165) is 28.0 Å². The van der Waals surface area contributed by atoms with Crippen molar-refractivity contribution in [3.63, 3.8) is 0 Å². The Hall–Kier alpha value is -1.95. The van der Waals surface area contributed by atoms with E-state index in [2.05, 4.69) is 9.97 Å². The molecule has 0 saturated heterocycles. The van der Waals surface area contributed by atoms with Crippen LogP contribution in [0.15, 0.2) is 36.5 Å². The first kappa shape index (κ1) is 13.1. The summed E-state index contributed by atoms with van der Waals surface area (Å²) in [5, 5.41) is 0.676. The summed E-state index contributed by atoms with van der Waals surface area (Å²) < 4.78 is 37.6. The number of hydrogen-bond donors (Lipinski definition) is 0. The van der Waals surface area contributed by atoms with Gasteiger partial charge in [-0.15, -0.1) is 0 Å². The number of benzene rings is 1. The lowest BCUT2D eigenvalue weighted by Gasteiger charge is -2.06. The molecule has 0 unspecified atom stereocenters. The van der Waals surface area contributed by atoms with Gasteiger partial charge in [-0.25, -0.2) is 9.97 Å². The quantitative estimate of drug-likeness (QED) is 0.651. The smallest absolute Gasteiger partial charge is 0.244 e. The summed E-state index contributed by atoms with van der Waals surface area (Å²) in [5.41, 5.74) is 1.81. The third-order valence-corrected chi connectivity index (χ3v) is 3.97. The van der Waals surface area contributed by atoms with E-state index in [1.165, 1.54) is 23.5 Å². The van der Waals surface area contributed by atoms with E-state index in [1.807, 2.05) is 13.0 Å². The third kappa shape index (κ3) is 2.27. The number of fused-ring (bicyclic) bond motifs is 1. The van der Waals surface area contributed by atoms with Crippen LogP contribution in [0.1, 0.15) is 11.1 Å². The molecule has 0 saturated carbocycles. The van der Waals surface area contributed by atoms with Crippen molar-refractivity contribution in [1.82, 2.24) is 9.97 Å². The molecule has 0 fully saturated rings. The minimum Gasteiger partial charge on any atom is -0.244 e. The van der Waals surface area contributed by atoms with Gasteiger partial charge in [0, 0.05) is 11.8 Å². The van der Waals surface area contributed by atoms with Crippen LogP contribution in [0.4, 0.5) is 13.2 Å². The van der Waals surface area contributed by atoms with Crippen LogP contribution in [-0.4, -0.2) is 9.97 Å². The first-order chi connectivity index (χ1) is 9.45. The fourth-order valence-electron chi connectivity index (χ4n) is 1.88. The summed E-state index contributed by atoms with van der Waals surface area (Å²) in [5.74, 6) is 0. The van der Waals surface area contributed by atoms with Crippen molar-refractivity contribution in [2.45, 2.75) is 13.1 Å². The normalized spacial score (nSPS) is 12.0. The van der Waals surface area contributed by atoms with Gasteiger partial charge in [0.1, 0.15) is 15.4 Å². The van der Waals surface area contributed by atoms with Gasteiger partial charge in [-0.1, -0.05) is 23.5 Å². The topological polar surface area (TPSA) is 25.8 Å². The highest BCUT2D eigenvalue weighted by molar-refractivity contribution is 7.21. The zero-order chi connectivity index (χ0) is 14.3. The minimum absolute atomic E-state index is 0.656. The zero-order valence-corrected chi connectivity index (χ0v) is 11.2. The van der Waals surface area contributed by atoms with E-state index in [0.29, 0.717) is 10.6 Å². The fourth-order valence-corrected chi connectivity index (χ4v) is 2.87. The second kappa shape index (κ2) is 4.56. The van der Waals surface area contributed by atoms with Gasteiger partial charge in [0.2, 0.25) is 0 Å². The number of thiazole rings is 1. The first-order valence-corrected chi connectivity index (χ1v) is 6.66. The molecule has 0 spiro atoms. The number of rotatable bonds is 1. The number of aryl methyl sites for hydroxylation is 1. The van der Waals surface area contributed by atoms with Crippen molar-refractivity contribution in [1.29, 1.82) is 0 Å². The summed E-state index contributed by atoms with van der Waals surface area (Å²) in [6, 6.07) is 6.88. The molecule has 2 heterocycles. The van der Waals surface area contributed by atoms with Gasteiger partial charge < -0.3 is 0 Å². The third-order valence-electron chi connectivity index (χ3n) is 2.96. The lowest BCUT2D eigenvalue weighted by Crippen LogP contribution is -2.03. The second-order valence-corrected chi connectivity index (χ2v) is 5.35. The van der Waals surface area contributed by atoms with Crippen molar-refractivity contribution in [3.05, 3.63) is 47.7 Å². The Kier molecular flexibility index (Phi) is 2.97. The van der Waals surface area contributed by atoms with Gasteiger partial charge in [0.05, 0.1) is 5.56 Å². The summed E-state index contributed by atoms with van der Waals surface area (Å²) in [6.07, 6.45) is -2.61. The summed E-state index contributed by atoms with van der Waals surface area (Å²) in [6.45, 7) is 1.93. The maximum atomic E-state index is 12.5. The zero-order valence-electron chi connectivity index (χ0n) is 10.4.